The summed E-state index contributed by atoms with van der Waals surface area (Å²) in [7, 11) is 0. The average molecular weight is 569 g/mol. The number of anilines is 2. The second-order valence-electron chi connectivity index (χ2n) is 11.1. The van der Waals surface area contributed by atoms with Crippen LogP contribution in [0, 0.1) is 17.2 Å². The van der Waals surface area contributed by atoms with E-state index >= 15 is 0 Å². The van der Waals surface area contributed by atoms with Gasteiger partial charge in [-0.1, -0.05) is 25.3 Å². The molecule has 208 valence electrons. The number of hydrogen-bond donors (Lipinski definition) is 2. The molecule has 1 aliphatic heterocycles. The predicted octanol–water partition coefficient (Wildman–Crippen LogP) is 6.55. The van der Waals surface area contributed by atoms with Crippen LogP contribution in [-0.2, 0) is 27.3 Å². The van der Waals surface area contributed by atoms with Gasteiger partial charge in [-0.25, -0.2) is 4.79 Å². The number of carbonyl (C=O) groups excluding carboxylic acids is 3. The summed E-state index contributed by atoms with van der Waals surface area (Å²) < 4.78 is 5.50. The Morgan fingerprint density at radius 3 is 2.62 bits per heavy atom. The number of thiophene rings is 1. The van der Waals surface area contributed by atoms with Crippen molar-refractivity contribution < 1.29 is 19.1 Å². The molecule has 3 amide bonds. The van der Waals surface area contributed by atoms with Gasteiger partial charge in [0.2, 0.25) is 11.8 Å². The Hall–Kier alpha value is -3.03. The Labute approximate surface area is 238 Å². The Morgan fingerprint density at radius 1 is 1.18 bits per heavy atom. The number of benzene rings is 1. The summed E-state index contributed by atoms with van der Waals surface area (Å²) in [5.74, 6) is -0.0729. The highest BCUT2D eigenvalue weighted by Gasteiger charge is 2.30. The SMILES string of the molecule is CC(Sc1cccc(NC(=O)C2CCCCC2)c1)C(=O)Nc1sc2c(c1C#N)CCN(C(=O)OC(C)(C)C)C2. The van der Waals surface area contributed by atoms with Crippen molar-refractivity contribution in [3.8, 4) is 6.07 Å². The minimum Gasteiger partial charge on any atom is -0.444 e. The van der Waals surface area contributed by atoms with E-state index < -0.39 is 10.9 Å². The van der Waals surface area contributed by atoms with E-state index in [1.165, 1.54) is 29.5 Å². The lowest BCUT2D eigenvalue weighted by atomic mass is 9.88. The van der Waals surface area contributed by atoms with Gasteiger partial charge in [-0.15, -0.1) is 23.1 Å². The maximum atomic E-state index is 13.1. The molecule has 1 unspecified atom stereocenters. The number of ether oxygens (including phenoxy) is 1. The Bertz CT molecular complexity index is 1270. The van der Waals surface area contributed by atoms with Crippen molar-refractivity contribution in [2.45, 2.75) is 88.5 Å². The van der Waals surface area contributed by atoms with E-state index in [9.17, 15) is 19.6 Å². The first-order chi connectivity index (χ1) is 18.5. The Balaban J connectivity index is 1.38. The van der Waals surface area contributed by atoms with Gasteiger partial charge in [0.15, 0.2) is 0 Å². The van der Waals surface area contributed by atoms with Gasteiger partial charge in [0, 0.05) is 27.9 Å². The Kier molecular flexibility index (Phi) is 9.23. The molecule has 0 saturated heterocycles. The molecule has 1 saturated carbocycles. The van der Waals surface area contributed by atoms with Crippen molar-refractivity contribution in [1.82, 2.24) is 4.90 Å². The summed E-state index contributed by atoms with van der Waals surface area (Å²) in [5.41, 5.74) is 1.50. The van der Waals surface area contributed by atoms with Gasteiger partial charge in [-0.05, 0) is 70.7 Å². The van der Waals surface area contributed by atoms with Crippen LogP contribution in [0.25, 0.3) is 0 Å². The molecule has 2 N–H and O–H groups in total. The summed E-state index contributed by atoms with van der Waals surface area (Å²) in [6, 6.07) is 9.80. The van der Waals surface area contributed by atoms with Crippen LogP contribution in [0.3, 0.4) is 0 Å². The number of nitrogens with zero attached hydrogens (tertiary/aromatic N) is 2. The summed E-state index contributed by atoms with van der Waals surface area (Å²) >= 11 is 2.73. The summed E-state index contributed by atoms with van der Waals surface area (Å²) in [4.78, 5) is 41.7. The maximum absolute atomic E-state index is 13.1. The fourth-order valence-corrected chi connectivity index (χ4v) is 6.96. The zero-order valence-corrected chi connectivity index (χ0v) is 24.6. The number of hydrogen-bond acceptors (Lipinski definition) is 7. The summed E-state index contributed by atoms with van der Waals surface area (Å²) in [5, 5.41) is 15.9. The van der Waals surface area contributed by atoms with Gasteiger partial charge in [-0.3, -0.25) is 9.59 Å². The standard InChI is InChI=1S/C29H36N4O4S2/c1-18(38-21-12-8-11-20(15-21)31-26(35)19-9-6-5-7-10-19)25(34)32-27-23(16-30)22-13-14-33(17-24(22)39-27)28(36)37-29(2,3)4/h8,11-12,15,18-19H,5-7,9-10,13-14,17H2,1-4H3,(H,31,35)(H,32,34). The molecule has 0 spiro atoms. The Morgan fingerprint density at radius 2 is 1.92 bits per heavy atom. The van der Waals surface area contributed by atoms with Gasteiger partial charge in [0.05, 0.1) is 17.4 Å². The van der Waals surface area contributed by atoms with Crippen molar-refractivity contribution in [3.05, 3.63) is 40.3 Å². The lowest BCUT2D eigenvalue weighted by Crippen LogP contribution is -2.39. The highest BCUT2D eigenvalue weighted by Crippen LogP contribution is 2.38. The van der Waals surface area contributed by atoms with Crippen LogP contribution in [0.4, 0.5) is 15.5 Å². The molecule has 1 aliphatic carbocycles. The van der Waals surface area contributed by atoms with Crippen molar-refractivity contribution in [2.24, 2.45) is 5.92 Å². The van der Waals surface area contributed by atoms with Crippen LogP contribution in [0.2, 0.25) is 0 Å². The summed E-state index contributed by atoms with van der Waals surface area (Å²) in [6.45, 7) is 8.11. The van der Waals surface area contributed by atoms with E-state index in [4.69, 9.17) is 4.74 Å². The molecule has 10 heteroatoms. The largest absolute Gasteiger partial charge is 0.444 e. The summed E-state index contributed by atoms with van der Waals surface area (Å²) in [6.07, 6.45) is 5.43. The molecular weight excluding hydrogens is 532 g/mol. The molecule has 0 radical (unpaired) electrons. The van der Waals surface area contributed by atoms with E-state index in [2.05, 4.69) is 16.7 Å². The molecule has 39 heavy (non-hydrogen) atoms. The number of carbonyl (C=O) groups is 3. The van der Waals surface area contributed by atoms with E-state index in [1.807, 2.05) is 52.0 Å². The molecule has 2 aromatic rings. The molecule has 4 rings (SSSR count). The molecule has 8 nitrogen and oxygen atoms in total. The number of nitriles is 1. The van der Waals surface area contributed by atoms with Crippen LogP contribution in [0.5, 0.6) is 0 Å². The van der Waals surface area contributed by atoms with Crippen LogP contribution >= 0.6 is 23.1 Å². The van der Waals surface area contributed by atoms with Crippen LogP contribution < -0.4 is 10.6 Å². The second-order valence-corrected chi connectivity index (χ2v) is 13.6. The molecule has 1 aromatic heterocycles. The molecule has 1 fully saturated rings. The quantitative estimate of drug-likeness (QED) is 0.382. The monoisotopic (exact) mass is 568 g/mol. The number of rotatable bonds is 6. The first kappa shape index (κ1) is 29.0. The zero-order valence-electron chi connectivity index (χ0n) is 23.0. The van der Waals surface area contributed by atoms with Crippen LogP contribution in [-0.4, -0.2) is 40.2 Å². The lowest BCUT2D eigenvalue weighted by molar-refractivity contribution is -0.120. The average Bonchev–Trinajstić information content (AvgIpc) is 3.24. The third-order valence-electron chi connectivity index (χ3n) is 6.82. The van der Waals surface area contributed by atoms with Crippen molar-refractivity contribution >= 4 is 51.7 Å². The lowest BCUT2D eigenvalue weighted by Gasteiger charge is -2.29. The second kappa shape index (κ2) is 12.4. The highest BCUT2D eigenvalue weighted by molar-refractivity contribution is 8.00. The normalized spacial score (nSPS) is 16.5. The van der Waals surface area contributed by atoms with Gasteiger partial charge in [0.25, 0.3) is 0 Å². The fourth-order valence-electron chi connectivity index (χ4n) is 4.82. The predicted molar refractivity (Wildman–Crippen MR) is 155 cm³/mol. The molecule has 1 aromatic carbocycles. The first-order valence-corrected chi connectivity index (χ1v) is 15.1. The highest BCUT2D eigenvalue weighted by atomic mass is 32.2. The maximum Gasteiger partial charge on any atom is 0.410 e. The number of thioether (sulfide) groups is 1. The topological polar surface area (TPSA) is 112 Å². The number of amides is 3. The van der Waals surface area contributed by atoms with Crippen LogP contribution in [0.15, 0.2) is 29.2 Å². The fraction of sp³-hybridized carbons (Fsp3) is 0.517. The van der Waals surface area contributed by atoms with E-state index in [1.54, 1.807) is 4.90 Å². The number of fused-ring (bicyclic) bond motifs is 1. The van der Waals surface area contributed by atoms with E-state index in [-0.39, 0.29) is 23.8 Å². The number of nitrogens with one attached hydrogen (secondary N) is 2. The third-order valence-corrected chi connectivity index (χ3v) is 9.04. The van der Waals surface area contributed by atoms with Crippen molar-refractivity contribution in [1.29, 1.82) is 5.26 Å². The molecule has 1 atom stereocenters. The van der Waals surface area contributed by atoms with Gasteiger partial charge in [-0.2, -0.15) is 5.26 Å². The zero-order chi connectivity index (χ0) is 28.2. The van der Waals surface area contributed by atoms with Gasteiger partial charge in [0.1, 0.15) is 16.7 Å². The minimum absolute atomic E-state index is 0.0681. The molecule has 2 heterocycles. The van der Waals surface area contributed by atoms with E-state index in [0.29, 0.717) is 30.1 Å². The molecule has 2 aliphatic rings. The molecular formula is C29H36N4O4S2. The van der Waals surface area contributed by atoms with Gasteiger partial charge < -0.3 is 20.3 Å². The van der Waals surface area contributed by atoms with Crippen molar-refractivity contribution in [2.75, 3.05) is 17.2 Å². The smallest absolute Gasteiger partial charge is 0.410 e. The first-order valence-electron chi connectivity index (χ1n) is 13.4. The minimum atomic E-state index is -0.585. The van der Waals surface area contributed by atoms with Crippen molar-refractivity contribution in [3.63, 3.8) is 0 Å². The van der Waals surface area contributed by atoms with E-state index in [0.717, 1.165) is 46.7 Å². The third kappa shape index (κ3) is 7.55. The van der Waals surface area contributed by atoms with Gasteiger partial charge >= 0.3 is 6.09 Å². The molecule has 0 bridgehead atoms. The van der Waals surface area contributed by atoms with Crippen LogP contribution in [0.1, 0.15) is 75.8 Å².